The van der Waals surface area contributed by atoms with Crippen molar-refractivity contribution in [2.75, 3.05) is 63.9 Å². The Morgan fingerprint density at radius 3 is 2.29 bits per heavy atom. The third-order valence-corrected chi connectivity index (χ3v) is 4.92. The smallest absolute Gasteiger partial charge is 0.409 e. The quantitative estimate of drug-likeness (QED) is 0.666. The molecule has 0 spiro atoms. The number of aryl methyl sites for hydroxylation is 1. The highest BCUT2D eigenvalue weighted by Crippen LogP contribution is 2.17. The minimum absolute atomic E-state index is 0.165. The maximum atomic E-state index is 12.9. The molecule has 1 aromatic heterocycles. The fourth-order valence-electron chi connectivity index (χ4n) is 3.35. The van der Waals surface area contributed by atoms with Gasteiger partial charge in [-0.05, 0) is 13.8 Å². The molecule has 28 heavy (non-hydrogen) atoms. The van der Waals surface area contributed by atoms with Gasteiger partial charge in [0.15, 0.2) is 0 Å². The number of amides is 3. The normalized spacial score (nSPS) is 17.5. The number of carbonyl (C=O) groups excluding carboxylic acids is 3. The molecule has 0 aromatic carbocycles. The van der Waals surface area contributed by atoms with Crippen LogP contribution in [0.5, 0.6) is 0 Å². The molecule has 0 saturated carbocycles. The van der Waals surface area contributed by atoms with Gasteiger partial charge in [0, 0.05) is 58.4 Å². The van der Waals surface area contributed by atoms with Crippen LogP contribution < -0.4 is 4.90 Å². The Morgan fingerprint density at radius 2 is 1.68 bits per heavy atom. The summed E-state index contributed by atoms with van der Waals surface area (Å²) in [6.45, 7) is 8.22. The zero-order valence-corrected chi connectivity index (χ0v) is 16.3. The van der Waals surface area contributed by atoms with Gasteiger partial charge >= 0.3 is 6.09 Å². The molecule has 0 N–H and O–H groups in total. The summed E-state index contributed by atoms with van der Waals surface area (Å²) in [5.74, 6) is 1.07. The highest BCUT2D eigenvalue weighted by molar-refractivity contribution is 5.93. The highest BCUT2D eigenvalue weighted by atomic mass is 16.6. The van der Waals surface area contributed by atoms with Gasteiger partial charge in [-0.25, -0.2) is 14.8 Å². The van der Waals surface area contributed by atoms with E-state index in [1.807, 2.05) is 0 Å². The lowest BCUT2D eigenvalue weighted by Crippen LogP contribution is -2.51. The van der Waals surface area contributed by atoms with Gasteiger partial charge in [-0.2, -0.15) is 0 Å². The standard InChI is InChI=1S/C18H26N6O4/c1-3-28-18(27)24-10-8-23(9-11-24)17(26)15-12-16(20-14(2)19-15)22-6-4-21(13-25)5-7-22/h12-13H,3-11H2,1-2H3. The van der Waals surface area contributed by atoms with Gasteiger partial charge in [-0.3, -0.25) is 9.59 Å². The van der Waals surface area contributed by atoms with Crippen molar-refractivity contribution in [3.05, 3.63) is 17.6 Å². The fourth-order valence-corrected chi connectivity index (χ4v) is 3.35. The summed E-state index contributed by atoms with van der Waals surface area (Å²) in [6, 6.07) is 1.71. The topological polar surface area (TPSA) is 99.2 Å². The number of ether oxygens (including phenoxy) is 1. The van der Waals surface area contributed by atoms with E-state index in [4.69, 9.17) is 4.74 Å². The van der Waals surface area contributed by atoms with Crippen LogP contribution in [0.2, 0.25) is 0 Å². The first-order valence-corrected chi connectivity index (χ1v) is 9.52. The van der Waals surface area contributed by atoms with Crippen LogP contribution in [0.4, 0.5) is 10.6 Å². The monoisotopic (exact) mass is 390 g/mol. The van der Waals surface area contributed by atoms with E-state index in [1.54, 1.807) is 34.6 Å². The molecule has 10 heteroatoms. The summed E-state index contributed by atoms with van der Waals surface area (Å²) in [6.07, 6.45) is 0.511. The lowest BCUT2D eigenvalue weighted by atomic mass is 10.2. The summed E-state index contributed by atoms with van der Waals surface area (Å²) < 4.78 is 5.01. The predicted octanol–water partition coefficient (Wildman–Crippen LogP) is -0.0223. The van der Waals surface area contributed by atoms with Gasteiger partial charge in [0.25, 0.3) is 5.91 Å². The summed E-state index contributed by atoms with van der Waals surface area (Å²) in [7, 11) is 0. The summed E-state index contributed by atoms with van der Waals surface area (Å²) in [5, 5.41) is 0. The maximum absolute atomic E-state index is 12.9. The molecular formula is C18H26N6O4. The van der Waals surface area contributed by atoms with E-state index in [9.17, 15) is 14.4 Å². The second kappa shape index (κ2) is 8.85. The predicted molar refractivity (Wildman–Crippen MR) is 101 cm³/mol. The Kier molecular flexibility index (Phi) is 6.27. The average molecular weight is 390 g/mol. The number of rotatable bonds is 4. The van der Waals surface area contributed by atoms with Crippen LogP contribution in [0.1, 0.15) is 23.2 Å². The van der Waals surface area contributed by atoms with Crippen LogP contribution in [0, 0.1) is 6.92 Å². The minimum atomic E-state index is -0.343. The molecular weight excluding hydrogens is 364 g/mol. The zero-order chi connectivity index (χ0) is 20.1. The Balaban J connectivity index is 1.65. The summed E-state index contributed by atoms with van der Waals surface area (Å²) >= 11 is 0. The lowest BCUT2D eigenvalue weighted by molar-refractivity contribution is -0.118. The average Bonchev–Trinajstić information content (AvgIpc) is 2.73. The molecule has 0 aliphatic carbocycles. The van der Waals surface area contributed by atoms with Gasteiger partial charge in [-0.1, -0.05) is 0 Å². The van der Waals surface area contributed by atoms with Crippen molar-refractivity contribution in [3.63, 3.8) is 0 Å². The van der Waals surface area contributed by atoms with Crippen LogP contribution in [0.15, 0.2) is 6.07 Å². The van der Waals surface area contributed by atoms with E-state index in [-0.39, 0.29) is 12.0 Å². The second-order valence-electron chi connectivity index (χ2n) is 6.77. The third-order valence-electron chi connectivity index (χ3n) is 4.92. The molecule has 2 aliphatic heterocycles. The molecule has 3 amide bonds. The van der Waals surface area contributed by atoms with Gasteiger partial charge in [0.05, 0.1) is 6.61 Å². The van der Waals surface area contributed by atoms with Gasteiger partial charge < -0.3 is 24.3 Å². The van der Waals surface area contributed by atoms with Crippen molar-refractivity contribution in [1.29, 1.82) is 0 Å². The van der Waals surface area contributed by atoms with E-state index < -0.39 is 0 Å². The molecule has 152 valence electrons. The SMILES string of the molecule is CCOC(=O)N1CCN(C(=O)c2cc(N3CCN(C=O)CC3)nc(C)n2)CC1. The number of piperazine rings is 2. The first-order valence-electron chi connectivity index (χ1n) is 9.52. The number of anilines is 1. The van der Waals surface area contributed by atoms with E-state index in [1.165, 1.54) is 0 Å². The number of carbonyl (C=O) groups is 3. The van der Waals surface area contributed by atoms with Gasteiger partial charge in [0.1, 0.15) is 17.3 Å². The highest BCUT2D eigenvalue weighted by Gasteiger charge is 2.27. The largest absolute Gasteiger partial charge is 0.450 e. The first-order chi connectivity index (χ1) is 13.5. The number of aromatic nitrogens is 2. The van der Waals surface area contributed by atoms with Crippen LogP contribution in [-0.4, -0.2) is 102 Å². The van der Waals surface area contributed by atoms with Crippen molar-refractivity contribution in [2.24, 2.45) is 0 Å². The van der Waals surface area contributed by atoms with Crippen molar-refractivity contribution < 1.29 is 19.1 Å². The molecule has 10 nitrogen and oxygen atoms in total. The molecule has 0 unspecified atom stereocenters. The Labute approximate surface area is 164 Å². The van der Waals surface area contributed by atoms with Crippen LogP contribution in [-0.2, 0) is 9.53 Å². The summed E-state index contributed by atoms with van der Waals surface area (Å²) in [5.41, 5.74) is 0.352. The fraction of sp³-hybridized carbons (Fsp3) is 0.611. The minimum Gasteiger partial charge on any atom is -0.450 e. The Hall–Kier alpha value is -2.91. The number of hydrogen-bond donors (Lipinski definition) is 0. The maximum Gasteiger partial charge on any atom is 0.409 e. The van der Waals surface area contributed by atoms with Crippen molar-refractivity contribution in [3.8, 4) is 0 Å². The van der Waals surface area contributed by atoms with Gasteiger partial charge in [-0.15, -0.1) is 0 Å². The molecule has 0 atom stereocenters. The zero-order valence-electron chi connectivity index (χ0n) is 16.3. The van der Waals surface area contributed by atoms with Crippen LogP contribution >= 0.6 is 0 Å². The van der Waals surface area contributed by atoms with E-state index in [0.717, 1.165) is 6.41 Å². The van der Waals surface area contributed by atoms with E-state index in [0.29, 0.717) is 76.3 Å². The molecule has 3 heterocycles. The van der Waals surface area contributed by atoms with Crippen molar-refractivity contribution in [2.45, 2.75) is 13.8 Å². The number of hydrogen-bond acceptors (Lipinski definition) is 7. The first kappa shape index (κ1) is 19.8. The van der Waals surface area contributed by atoms with Crippen molar-refractivity contribution in [1.82, 2.24) is 24.7 Å². The van der Waals surface area contributed by atoms with E-state index in [2.05, 4.69) is 14.9 Å². The van der Waals surface area contributed by atoms with Gasteiger partial charge in [0.2, 0.25) is 6.41 Å². The third kappa shape index (κ3) is 4.49. The summed E-state index contributed by atoms with van der Waals surface area (Å²) in [4.78, 5) is 51.5. The van der Waals surface area contributed by atoms with Crippen LogP contribution in [0.3, 0.4) is 0 Å². The Morgan fingerprint density at radius 1 is 1.04 bits per heavy atom. The molecule has 2 saturated heterocycles. The molecule has 2 aliphatic rings. The van der Waals surface area contributed by atoms with Crippen molar-refractivity contribution >= 4 is 24.2 Å². The molecule has 1 aromatic rings. The Bertz CT molecular complexity index is 727. The molecule has 3 rings (SSSR count). The molecule has 0 bridgehead atoms. The molecule has 2 fully saturated rings. The lowest BCUT2D eigenvalue weighted by Gasteiger charge is -2.35. The second-order valence-corrected chi connectivity index (χ2v) is 6.77. The van der Waals surface area contributed by atoms with E-state index >= 15 is 0 Å². The molecule has 0 radical (unpaired) electrons. The van der Waals surface area contributed by atoms with Crippen LogP contribution in [0.25, 0.3) is 0 Å². The number of nitrogens with zero attached hydrogens (tertiary/aromatic N) is 6.